The summed E-state index contributed by atoms with van der Waals surface area (Å²) in [5, 5.41) is 10.8. The highest BCUT2D eigenvalue weighted by Gasteiger charge is 2.23. The summed E-state index contributed by atoms with van der Waals surface area (Å²) in [4.78, 5) is 6.82. The molecule has 0 aromatic carbocycles. The number of H-pyrrole nitrogens is 1. The molecule has 2 N–H and O–H groups in total. The summed E-state index contributed by atoms with van der Waals surface area (Å²) in [7, 11) is 0. The molecule has 6 heteroatoms. The number of piperazine rings is 1. The first-order valence-electron chi connectivity index (χ1n) is 6.85. The Balaban J connectivity index is 1.68. The summed E-state index contributed by atoms with van der Waals surface area (Å²) in [5.74, 6) is 1.70. The molecule has 0 saturated carbocycles. The van der Waals surface area contributed by atoms with Crippen molar-refractivity contribution < 1.29 is 4.74 Å². The Bertz CT molecular complexity index is 388. The molecular weight excluding hydrogens is 230 g/mol. The highest BCUT2D eigenvalue weighted by molar-refractivity contribution is 5.30. The first-order valence-corrected chi connectivity index (χ1v) is 6.85. The van der Waals surface area contributed by atoms with Gasteiger partial charge in [0.25, 0.3) is 0 Å². The van der Waals surface area contributed by atoms with Crippen molar-refractivity contribution in [3.05, 3.63) is 5.82 Å². The Morgan fingerprint density at radius 1 is 1.39 bits per heavy atom. The smallest absolute Gasteiger partial charge is 0.244 e. The van der Waals surface area contributed by atoms with E-state index in [9.17, 15) is 0 Å². The number of aromatic nitrogens is 3. The van der Waals surface area contributed by atoms with Crippen molar-refractivity contribution in [3.8, 4) is 0 Å². The fourth-order valence-corrected chi connectivity index (χ4v) is 2.62. The highest BCUT2D eigenvalue weighted by Crippen LogP contribution is 2.26. The number of anilines is 1. The molecule has 6 nitrogen and oxygen atoms in total. The third kappa shape index (κ3) is 2.49. The van der Waals surface area contributed by atoms with E-state index in [4.69, 9.17) is 4.74 Å². The number of ether oxygens (including phenoxy) is 1. The van der Waals surface area contributed by atoms with Crippen LogP contribution in [0, 0.1) is 0 Å². The maximum Gasteiger partial charge on any atom is 0.244 e. The van der Waals surface area contributed by atoms with Crippen LogP contribution in [0.25, 0.3) is 0 Å². The van der Waals surface area contributed by atoms with E-state index >= 15 is 0 Å². The van der Waals surface area contributed by atoms with Gasteiger partial charge in [0, 0.05) is 32.3 Å². The highest BCUT2D eigenvalue weighted by atomic mass is 16.5. The van der Waals surface area contributed by atoms with E-state index < -0.39 is 0 Å². The summed E-state index contributed by atoms with van der Waals surface area (Å²) in [6.45, 7) is 5.94. The lowest BCUT2D eigenvalue weighted by atomic mass is 10.1. The van der Waals surface area contributed by atoms with E-state index in [2.05, 4.69) is 32.3 Å². The van der Waals surface area contributed by atoms with Crippen LogP contribution in [0.2, 0.25) is 0 Å². The van der Waals surface area contributed by atoms with Crippen molar-refractivity contribution >= 4 is 5.95 Å². The van der Waals surface area contributed by atoms with Crippen LogP contribution in [0.5, 0.6) is 0 Å². The van der Waals surface area contributed by atoms with Crippen molar-refractivity contribution in [2.24, 2.45) is 0 Å². The van der Waals surface area contributed by atoms with E-state index in [1.54, 1.807) is 0 Å². The molecule has 1 aromatic rings. The molecule has 0 aliphatic carbocycles. The van der Waals surface area contributed by atoms with E-state index in [0.29, 0.717) is 6.04 Å². The van der Waals surface area contributed by atoms with Gasteiger partial charge in [-0.15, -0.1) is 5.10 Å². The van der Waals surface area contributed by atoms with Crippen LogP contribution in [0.15, 0.2) is 0 Å². The van der Waals surface area contributed by atoms with Gasteiger partial charge in [-0.25, -0.2) is 0 Å². The van der Waals surface area contributed by atoms with Gasteiger partial charge in [-0.1, -0.05) is 0 Å². The second kappa shape index (κ2) is 5.24. The summed E-state index contributed by atoms with van der Waals surface area (Å²) >= 11 is 0. The molecule has 100 valence electrons. The topological polar surface area (TPSA) is 66.1 Å². The first-order chi connectivity index (χ1) is 8.83. The third-order valence-corrected chi connectivity index (χ3v) is 3.63. The molecule has 0 radical (unpaired) electrons. The van der Waals surface area contributed by atoms with Crippen LogP contribution in [0.3, 0.4) is 0 Å². The van der Waals surface area contributed by atoms with Gasteiger partial charge >= 0.3 is 0 Å². The number of rotatable bonds is 2. The fourth-order valence-electron chi connectivity index (χ4n) is 2.62. The minimum Gasteiger partial charge on any atom is -0.370 e. The zero-order valence-electron chi connectivity index (χ0n) is 10.9. The van der Waals surface area contributed by atoms with Crippen molar-refractivity contribution in [1.29, 1.82) is 0 Å². The molecular formula is C12H21N5O. The molecule has 0 spiro atoms. The average Bonchev–Trinajstić information content (AvgIpc) is 2.89. The van der Waals surface area contributed by atoms with Crippen LogP contribution in [-0.4, -0.2) is 47.5 Å². The number of nitrogens with one attached hydrogen (secondary N) is 2. The van der Waals surface area contributed by atoms with Gasteiger partial charge in [0.2, 0.25) is 5.95 Å². The number of aromatic amines is 1. The lowest BCUT2D eigenvalue weighted by molar-refractivity contribution is 0.00969. The van der Waals surface area contributed by atoms with Gasteiger partial charge in [-0.3, -0.25) is 5.10 Å². The van der Waals surface area contributed by atoms with E-state index in [1.165, 1.54) is 6.42 Å². The molecule has 2 unspecified atom stereocenters. The van der Waals surface area contributed by atoms with Crippen LogP contribution < -0.4 is 10.2 Å². The molecule has 2 aliphatic heterocycles. The van der Waals surface area contributed by atoms with Crippen molar-refractivity contribution in [1.82, 2.24) is 20.5 Å². The largest absolute Gasteiger partial charge is 0.370 e. The molecule has 2 saturated heterocycles. The van der Waals surface area contributed by atoms with E-state index in [-0.39, 0.29) is 6.10 Å². The summed E-state index contributed by atoms with van der Waals surface area (Å²) in [5.41, 5.74) is 0. The second-order valence-electron chi connectivity index (χ2n) is 5.18. The molecule has 1 aromatic heterocycles. The summed E-state index contributed by atoms with van der Waals surface area (Å²) in [6, 6.07) is 0.492. The van der Waals surface area contributed by atoms with Crippen LogP contribution in [0.4, 0.5) is 5.95 Å². The summed E-state index contributed by atoms with van der Waals surface area (Å²) < 4.78 is 5.72. The quantitative estimate of drug-likeness (QED) is 0.815. The SMILES string of the molecule is CC1CN(c2n[nH]c(C3CCCCO3)n2)CCN1. The Labute approximate surface area is 107 Å². The van der Waals surface area contributed by atoms with Gasteiger partial charge in [0.05, 0.1) is 0 Å². The Morgan fingerprint density at radius 2 is 2.33 bits per heavy atom. The number of nitrogens with zero attached hydrogens (tertiary/aromatic N) is 3. The average molecular weight is 251 g/mol. The van der Waals surface area contributed by atoms with Crippen LogP contribution in [0.1, 0.15) is 38.1 Å². The predicted octanol–water partition coefficient (Wildman–Crippen LogP) is 0.844. The van der Waals surface area contributed by atoms with Gasteiger partial charge in [-0.2, -0.15) is 4.98 Å². The lowest BCUT2D eigenvalue weighted by Gasteiger charge is -2.30. The maximum absolute atomic E-state index is 5.72. The molecule has 3 heterocycles. The Kier molecular flexibility index (Phi) is 3.47. The monoisotopic (exact) mass is 251 g/mol. The molecule has 2 atom stereocenters. The minimum absolute atomic E-state index is 0.111. The fraction of sp³-hybridized carbons (Fsp3) is 0.833. The molecule has 3 rings (SSSR count). The molecule has 18 heavy (non-hydrogen) atoms. The Hall–Kier alpha value is -1.14. The van der Waals surface area contributed by atoms with Gasteiger partial charge in [-0.05, 0) is 26.2 Å². The van der Waals surface area contributed by atoms with Crippen molar-refractivity contribution in [2.75, 3.05) is 31.1 Å². The standard InChI is InChI=1S/C12H21N5O/c1-9-8-17(6-5-13-9)12-14-11(15-16-12)10-4-2-3-7-18-10/h9-10,13H,2-8H2,1H3,(H,14,15,16). The van der Waals surface area contributed by atoms with Crippen LogP contribution in [-0.2, 0) is 4.74 Å². The molecule has 0 bridgehead atoms. The van der Waals surface area contributed by atoms with Crippen molar-refractivity contribution in [3.63, 3.8) is 0 Å². The predicted molar refractivity (Wildman–Crippen MR) is 68.6 cm³/mol. The van der Waals surface area contributed by atoms with Gasteiger partial charge in [0.1, 0.15) is 6.10 Å². The third-order valence-electron chi connectivity index (χ3n) is 3.63. The van der Waals surface area contributed by atoms with E-state index in [0.717, 1.165) is 50.9 Å². The zero-order chi connectivity index (χ0) is 12.4. The maximum atomic E-state index is 5.72. The Morgan fingerprint density at radius 3 is 3.11 bits per heavy atom. The van der Waals surface area contributed by atoms with Gasteiger partial charge < -0.3 is 15.0 Å². The lowest BCUT2D eigenvalue weighted by Crippen LogP contribution is -2.49. The van der Waals surface area contributed by atoms with Gasteiger partial charge in [0.15, 0.2) is 5.82 Å². The van der Waals surface area contributed by atoms with Crippen LogP contribution >= 0.6 is 0 Å². The summed E-state index contributed by atoms with van der Waals surface area (Å²) in [6.07, 6.45) is 3.53. The van der Waals surface area contributed by atoms with E-state index in [1.807, 2.05) is 0 Å². The molecule has 2 aliphatic rings. The normalized spacial score (nSPS) is 29.5. The number of hydrogen-bond acceptors (Lipinski definition) is 5. The number of hydrogen-bond donors (Lipinski definition) is 2. The molecule has 0 amide bonds. The first kappa shape index (κ1) is 11.9. The second-order valence-corrected chi connectivity index (χ2v) is 5.18. The van der Waals surface area contributed by atoms with Crippen molar-refractivity contribution in [2.45, 2.75) is 38.3 Å². The minimum atomic E-state index is 0.111. The zero-order valence-corrected chi connectivity index (χ0v) is 10.9. The molecule has 2 fully saturated rings.